The van der Waals surface area contributed by atoms with E-state index in [2.05, 4.69) is 20.6 Å². The molecule has 192 valence electrons. The summed E-state index contributed by atoms with van der Waals surface area (Å²) >= 11 is 12.5. The number of carbonyl (C=O) groups is 1. The highest BCUT2D eigenvalue weighted by molar-refractivity contribution is 6.39. The maximum atomic E-state index is 15.5. The van der Waals surface area contributed by atoms with Gasteiger partial charge < -0.3 is 15.4 Å². The summed E-state index contributed by atoms with van der Waals surface area (Å²) in [5.41, 5.74) is 2.24. The van der Waals surface area contributed by atoms with E-state index >= 15 is 4.39 Å². The molecule has 0 unspecified atom stereocenters. The van der Waals surface area contributed by atoms with E-state index in [0.29, 0.717) is 27.8 Å². The van der Waals surface area contributed by atoms with Crippen molar-refractivity contribution in [3.63, 3.8) is 0 Å². The molecule has 0 spiro atoms. The fourth-order valence-electron chi connectivity index (χ4n) is 4.35. The maximum absolute atomic E-state index is 15.5. The molecule has 0 saturated carbocycles. The number of para-hydroxylation sites is 1. The zero-order valence-electron chi connectivity index (χ0n) is 20.0. The van der Waals surface area contributed by atoms with Gasteiger partial charge in [-0.05, 0) is 55.4 Å². The van der Waals surface area contributed by atoms with Crippen molar-refractivity contribution >= 4 is 51.4 Å². The summed E-state index contributed by atoms with van der Waals surface area (Å²) < 4.78 is 22.3. The lowest BCUT2D eigenvalue weighted by Crippen LogP contribution is -2.38. The van der Waals surface area contributed by atoms with E-state index in [4.69, 9.17) is 27.9 Å². The minimum Gasteiger partial charge on any atom is -0.379 e. The zero-order valence-corrected chi connectivity index (χ0v) is 21.5. The van der Waals surface area contributed by atoms with Crippen molar-refractivity contribution in [3.05, 3.63) is 82.2 Å². The molecule has 7 nitrogen and oxygen atoms in total. The van der Waals surface area contributed by atoms with Crippen LogP contribution in [0, 0.1) is 5.82 Å². The molecule has 1 amide bonds. The Morgan fingerprint density at radius 1 is 1.05 bits per heavy atom. The number of hydrogen-bond donors (Lipinski definition) is 2. The molecule has 3 aromatic carbocycles. The Labute approximate surface area is 224 Å². The average Bonchev–Trinajstić information content (AvgIpc) is 3.32. The molecule has 1 saturated heterocycles. The maximum Gasteiger partial charge on any atom is 0.254 e. The average molecular weight is 542 g/mol. The van der Waals surface area contributed by atoms with Crippen molar-refractivity contribution in [2.24, 2.45) is 0 Å². The van der Waals surface area contributed by atoms with Crippen molar-refractivity contribution in [2.75, 3.05) is 44.7 Å². The molecule has 1 aliphatic heterocycles. The van der Waals surface area contributed by atoms with Crippen molar-refractivity contribution < 1.29 is 13.9 Å². The first-order valence-corrected chi connectivity index (χ1v) is 12.8. The van der Waals surface area contributed by atoms with Crippen molar-refractivity contribution in [1.82, 2.24) is 20.0 Å². The second-order valence-corrected chi connectivity index (χ2v) is 9.57. The Morgan fingerprint density at radius 3 is 2.59 bits per heavy atom. The van der Waals surface area contributed by atoms with E-state index in [1.807, 2.05) is 18.2 Å². The first kappa shape index (κ1) is 25.5. The van der Waals surface area contributed by atoms with Gasteiger partial charge in [-0.1, -0.05) is 35.3 Å². The zero-order chi connectivity index (χ0) is 25.8. The highest BCUT2D eigenvalue weighted by atomic mass is 35.5. The number of amides is 1. The van der Waals surface area contributed by atoms with Crippen LogP contribution in [-0.4, -0.2) is 60.0 Å². The van der Waals surface area contributed by atoms with Crippen LogP contribution >= 0.6 is 23.2 Å². The second kappa shape index (κ2) is 11.5. The fraction of sp³-hybridized carbons (Fsp3) is 0.259. The van der Waals surface area contributed by atoms with E-state index in [0.717, 1.165) is 50.3 Å². The van der Waals surface area contributed by atoms with Crippen LogP contribution in [0.2, 0.25) is 10.0 Å². The van der Waals surface area contributed by atoms with Crippen molar-refractivity contribution in [1.29, 1.82) is 0 Å². The number of nitrogens with zero attached hydrogens (tertiary/aromatic N) is 3. The summed E-state index contributed by atoms with van der Waals surface area (Å²) in [7, 11) is 0. The number of nitrogens with one attached hydrogen (secondary N) is 2. The quantitative estimate of drug-likeness (QED) is 0.281. The van der Waals surface area contributed by atoms with Crippen LogP contribution in [0.15, 0.2) is 60.8 Å². The van der Waals surface area contributed by atoms with E-state index in [9.17, 15) is 4.79 Å². The number of halogens is 3. The third kappa shape index (κ3) is 5.72. The standard InChI is InChI=1S/C27H26Cl2FN5O2/c28-21-5-2-6-22(29)26(21)33-19-8-9-23-18(16-19)17-32-35(23)24-7-1-4-20(25(24)30)27(36)31-10-3-11-34-12-14-37-15-13-34/h1-2,4-9,16-17,33H,3,10-15H2,(H,31,36). The Kier molecular flexibility index (Phi) is 7.90. The van der Waals surface area contributed by atoms with Gasteiger partial charge in [0.2, 0.25) is 0 Å². The van der Waals surface area contributed by atoms with E-state index in [-0.39, 0.29) is 11.3 Å². The Bertz CT molecular complexity index is 1400. The number of anilines is 2. The van der Waals surface area contributed by atoms with Gasteiger partial charge in [0.15, 0.2) is 5.82 Å². The molecule has 0 aliphatic carbocycles. The highest BCUT2D eigenvalue weighted by Gasteiger charge is 2.18. The van der Waals surface area contributed by atoms with Crippen LogP contribution in [0.1, 0.15) is 16.8 Å². The molecular weight excluding hydrogens is 516 g/mol. The molecule has 2 heterocycles. The summed E-state index contributed by atoms with van der Waals surface area (Å²) in [4.78, 5) is 15.0. The normalized spacial score (nSPS) is 14.1. The third-order valence-electron chi connectivity index (χ3n) is 6.29. The Morgan fingerprint density at radius 2 is 1.81 bits per heavy atom. The number of morpholine rings is 1. The summed E-state index contributed by atoms with van der Waals surface area (Å²) in [6.45, 7) is 4.60. The number of fused-ring (bicyclic) bond motifs is 1. The fourth-order valence-corrected chi connectivity index (χ4v) is 4.84. The lowest BCUT2D eigenvalue weighted by molar-refractivity contribution is 0.0374. The van der Waals surface area contributed by atoms with Gasteiger partial charge in [0.1, 0.15) is 5.69 Å². The number of carbonyl (C=O) groups excluding carboxylic acids is 1. The summed E-state index contributed by atoms with van der Waals surface area (Å²) in [5, 5.41) is 12.2. The second-order valence-electron chi connectivity index (χ2n) is 8.75. The Hall–Kier alpha value is -3.17. The van der Waals surface area contributed by atoms with Gasteiger partial charge in [-0.25, -0.2) is 9.07 Å². The van der Waals surface area contributed by atoms with Gasteiger partial charge >= 0.3 is 0 Å². The number of hydrogen-bond acceptors (Lipinski definition) is 5. The first-order valence-electron chi connectivity index (χ1n) is 12.1. The van der Waals surface area contributed by atoms with Crippen LogP contribution in [-0.2, 0) is 4.74 Å². The smallest absolute Gasteiger partial charge is 0.254 e. The largest absolute Gasteiger partial charge is 0.379 e. The number of aromatic nitrogens is 2. The van der Waals surface area contributed by atoms with E-state index in [1.165, 1.54) is 10.7 Å². The molecular formula is C27H26Cl2FN5O2. The van der Waals surface area contributed by atoms with Crippen LogP contribution in [0.3, 0.4) is 0 Å². The number of benzene rings is 3. The number of ether oxygens (including phenoxy) is 1. The number of rotatable bonds is 8. The topological polar surface area (TPSA) is 71.4 Å². The van der Waals surface area contributed by atoms with Gasteiger partial charge in [0.25, 0.3) is 5.91 Å². The molecule has 1 aliphatic rings. The van der Waals surface area contributed by atoms with Gasteiger partial charge in [-0.15, -0.1) is 0 Å². The van der Waals surface area contributed by atoms with Gasteiger partial charge in [0.05, 0.1) is 46.2 Å². The minimum absolute atomic E-state index is 0.0147. The van der Waals surface area contributed by atoms with Gasteiger partial charge in [-0.3, -0.25) is 9.69 Å². The van der Waals surface area contributed by atoms with Crippen LogP contribution < -0.4 is 10.6 Å². The van der Waals surface area contributed by atoms with Gasteiger partial charge in [-0.2, -0.15) is 5.10 Å². The lowest BCUT2D eigenvalue weighted by atomic mass is 10.1. The van der Waals surface area contributed by atoms with Crippen molar-refractivity contribution in [2.45, 2.75) is 6.42 Å². The molecule has 1 aromatic heterocycles. The summed E-state index contributed by atoms with van der Waals surface area (Å²) in [6.07, 6.45) is 2.43. The van der Waals surface area contributed by atoms with Gasteiger partial charge in [0, 0.05) is 30.7 Å². The molecule has 1 fully saturated rings. The molecule has 5 rings (SSSR count). The minimum atomic E-state index is -0.622. The summed E-state index contributed by atoms with van der Waals surface area (Å²) in [6, 6.07) is 15.6. The molecule has 0 bridgehead atoms. The van der Waals surface area contributed by atoms with E-state index < -0.39 is 11.7 Å². The third-order valence-corrected chi connectivity index (χ3v) is 6.92. The van der Waals surface area contributed by atoms with Crippen LogP contribution in [0.25, 0.3) is 16.6 Å². The van der Waals surface area contributed by atoms with Crippen LogP contribution in [0.5, 0.6) is 0 Å². The Balaban J connectivity index is 1.30. The molecule has 2 N–H and O–H groups in total. The molecule has 0 atom stereocenters. The summed E-state index contributed by atoms with van der Waals surface area (Å²) in [5.74, 6) is -1.07. The molecule has 37 heavy (non-hydrogen) atoms. The monoisotopic (exact) mass is 541 g/mol. The highest BCUT2D eigenvalue weighted by Crippen LogP contribution is 2.33. The molecule has 4 aromatic rings. The van der Waals surface area contributed by atoms with Crippen molar-refractivity contribution in [3.8, 4) is 5.69 Å². The lowest BCUT2D eigenvalue weighted by Gasteiger charge is -2.26. The van der Waals surface area contributed by atoms with E-state index in [1.54, 1.807) is 36.5 Å². The SMILES string of the molecule is O=C(NCCCN1CCOCC1)c1cccc(-n2ncc3cc(Nc4c(Cl)cccc4Cl)ccc32)c1F. The first-order chi connectivity index (χ1) is 18.0. The predicted molar refractivity (Wildman–Crippen MR) is 145 cm³/mol. The predicted octanol–water partition coefficient (Wildman–Crippen LogP) is 5.67. The molecule has 10 heteroatoms. The van der Waals surface area contributed by atoms with Crippen LogP contribution in [0.4, 0.5) is 15.8 Å². The molecule has 0 radical (unpaired) electrons.